The van der Waals surface area contributed by atoms with Gasteiger partial charge < -0.3 is 9.80 Å². The molecule has 1 aliphatic heterocycles. The van der Waals surface area contributed by atoms with Crippen LogP contribution in [0, 0.1) is 11.3 Å². The van der Waals surface area contributed by atoms with Gasteiger partial charge in [0.15, 0.2) is 0 Å². The monoisotopic (exact) mass is 468 g/mol. The van der Waals surface area contributed by atoms with Crippen molar-refractivity contribution < 1.29 is 9.59 Å². The number of carbonyl (C=O) groups is 2. The molecule has 0 aliphatic carbocycles. The van der Waals surface area contributed by atoms with Crippen molar-refractivity contribution in [2.45, 2.75) is 79.3 Å². The number of amides is 2. The van der Waals surface area contributed by atoms with E-state index in [0.717, 1.165) is 18.4 Å². The van der Waals surface area contributed by atoms with Crippen LogP contribution in [0.25, 0.3) is 0 Å². The number of rotatable bonds is 6. The molecule has 3 rings (SSSR count). The smallest absolute Gasteiger partial charge is 0.243 e. The summed E-state index contributed by atoms with van der Waals surface area (Å²) in [7, 11) is 0. The van der Waals surface area contributed by atoms with Crippen LogP contribution in [-0.2, 0) is 16.0 Å². The SMILES string of the molecule is CC(CC(=O)N(CC(=O)N1CCc2sccc2C1c1ccccc1)C(C)(C)C)CC(C)(C)C. The molecule has 4 nitrogen and oxygen atoms in total. The summed E-state index contributed by atoms with van der Waals surface area (Å²) in [5, 5.41) is 2.12. The number of nitrogens with zero attached hydrogens (tertiary/aromatic N) is 2. The number of carbonyl (C=O) groups excluding carboxylic acids is 2. The zero-order valence-electron chi connectivity index (χ0n) is 21.4. The molecule has 2 aromatic rings. The fourth-order valence-electron chi connectivity index (χ4n) is 5.03. The van der Waals surface area contributed by atoms with Gasteiger partial charge in [-0.1, -0.05) is 58.0 Å². The lowest BCUT2D eigenvalue weighted by Crippen LogP contribution is -2.52. The van der Waals surface area contributed by atoms with Gasteiger partial charge in [-0.15, -0.1) is 11.3 Å². The molecule has 0 bridgehead atoms. The van der Waals surface area contributed by atoms with E-state index in [-0.39, 0.29) is 35.7 Å². The van der Waals surface area contributed by atoms with Crippen LogP contribution in [0.2, 0.25) is 0 Å². The first-order valence-corrected chi connectivity index (χ1v) is 13.0. The third-order valence-electron chi connectivity index (χ3n) is 6.29. The van der Waals surface area contributed by atoms with E-state index in [4.69, 9.17) is 0 Å². The fraction of sp³-hybridized carbons (Fsp3) is 0.571. The first-order chi connectivity index (χ1) is 15.4. The van der Waals surface area contributed by atoms with E-state index in [1.807, 2.05) is 43.9 Å². The second-order valence-electron chi connectivity index (χ2n) is 11.7. The standard InChI is InChI=1S/C28H40N2O2S/c1-20(18-27(2,3)4)17-24(31)30(28(5,6)7)19-25(32)29-15-13-23-22(14-16-33-23)26(29)21-11-9-8-10-12-21/h8-12,14,16,20,26H,13,15,17-19H2,1-7H3. The van der Waals surface area contributed by atoms with Crippen molar-refractivity contribution in [3.05, 3.63) is 57.8 Å². The second-order valence-corrected chi connectivity index (χ2v) is 12.7. The number of thiophene rings is 1. The van der Waals surface area contributed by atoms with Gasteiger partial charge in [-0.3, -0.25) is 9.59 Å². The van der Waals surface area contributed by atoms with Crippen molar-refractivity contribution in [1.82, 2.24) is 9.80 Å². The Morgan fingerprint density at radius 2 is 1.76 bits per heavy atom. The molecule has 2 heterocycles. The Morgan fingerprint density at radius 3 is 2.36 bits per heavy atom. The summed E-state index contributed by atoms with van der Waals surface area (Å²) >= 11 is 1.77. The topological polar surface area (TPSA) is 40.6 Å². The summed E-state index contributed by atoms with van der Waals surface area (Å²) in [4.78, 5) is 32.2. The lowest BCUT2D eigenvalue weighted by Gasteiger charge is -2.41. The fourth-order valence-corrected chi connectivity index (χ4v) is 5.94. The highest BCUT2D eigenvalue weighted by Gasteiger charge is 2.36. The Hall–Kier alpha value is -2.14. The Kier molecular flexibility index (Phi) is 7.73. The van der Waals surface area contributed by atoms with E-state index in [2.05, 4.69) is 51.3 Å². The van der Waals surface area contributed by atoms with Gasteiger partial charge in [0.1, 0.15) is 6.54 Å². The van der Waals surface area contributed by atoms with Crippen LogP contribution in [0.3, 0.4) is 0 Å². The van der Waals surface area contributed by atoms with Crippen molar-refractivity contribution >= 4 is 23.2 Å². The Labute approximate surface area is 204 Å². The Balaban J connectivity index is 1.82. The Bertz CT molecular complexity index is 952. The molecule has 0 spiro atoms. The van der Waals surface area contributed by atoms with Crippen molar-refractivity contribution in [3.8, 4) is 0 Å². The molecule has 2 unspecified atom stereocenters. The number of fused-ring (bicyclic) bond motifs is 1. The van der Waals surface area contributed by atoms with Crippen LogP contribution in [0.1, 0.15) is 83.4 Å². The first-order valence-electron chi connectivity index (χ1n) is 12.1. The van der Waals surface area contributed by atoms with Crippen LogP contribution in [0.15, 0.2) is 41.8 Å². The first kappa shape index (κ1) is 25.5. The summed E-state index contributed by atoms with van der Waals surface area (Å²) in [6, 6.07) is 12.3. The average molecular weight is 469 g/mol. The van der Waals surface area contributed by atoms with E-state index in [1.165, 1.54) is 10.4 Å². The zero-order valence-corrected chi connectivity index (χ0v) is 22.2. The molecule has 180 valence electrons. The highest BCUT2D eigenvalue weighted by atomic mass is 32.1. The molecule has 0 saturated heterocycles. The lowest BCUT2D eigenvalue weighted by atomic mass is 9.84. The highest BCUT2D eigenvalue weighted by molar-refractivity contribution is 7.10. The summed E-state index contributed by atoms with van der Waals surface area (Å²) in [5.41, 5.74) is 2.10. The highest BCUT2D eigenvalue weighted by Crippen LogP contribution is 2.38. The maximum Gasteiger partial charge on any atom is 0.243 e. The third-order valence-corrected chi connectivity index (χ3v) is 7.29. The molecular formula is C28H40N2O2S. The average Bonchev–Trinajstić information content (AvgIpc) is 3.18. The largest absolute Gasteiger partial charge is 0.330 e. The normalized spacial score (nSPS) is 17.4. The predicted octanol–water partition coefficient (Wildman–Crippen LogP) is 6.31. The van der Waals surface area contributed by atoms with E-state index < -0.39 is 5.54 Å². The molecule has 2 atom stereocenters. The van der Waals surface area contributed by atoms with E-state index >= 15 is 0 Å². The molecule has 0 saturated carbocycles. The molecule has 33 heavy (non-hydrogen) atoms. The van der Waals surface area contributed by atoms with Gasteiger partial charge >= 0.3 is 0 Å². The number of hydrogen-bond donors (Lipinski definition) is 0. The summed E-state index contributed by atoms with van der Waals surface area (Å²) in [6.07, 6.45) is 2.32. The van der Waals surface area contributed by atoms with Gasteiger partial charge in [0.25, 0.3) is 0 Å². The molecule has 1 aliphatic rings. The summed E-state index contributed by atoms with van der Waals surface area (Å²) in [5.74, 6) is 0.363. The minimum atomic E-state index is -0.417. The van der Waals surface area contributed by atoms with Gasteiger partial charge in [0.2, 0.25) is 11.8 Å². The van der Waals surface area contributed by atoms with Gasteiger partial charge in [0.05, 0.1) is 6.04 Å². The van der Waals surface area contributed by atoms with Crippen molar-refractivity contribution in [2.24, 2.45) is 11.3 Å². The van der Waals surface area contributed by atoms with E-state index in [1.54, 1.807) is 16.2 Å². The van der Waals surface area contributed by atoms with Crippen LogP contribution in [0.5, 0.6) is 0 Å². The quantitative estimate of drug-likeness (QED) is 0.498. The minimum Gasteiger partial charge on any atom is -0.330 e. The molecule has 0 fully saturated rings. The lowest BCUT2D eigenvalue weighted by molar-refractivity contribution is -0.146. The second kappa shape index (κ2) is 10.0. The number of benzene rings is 1. The molecule has 1 aromatic heterocycles. The van der Waals surface area contributed by atoms with Gasteiger partial charge in [-0.05, 0) is 67.5 Å². The van der Waals surface area contributed by atoms with Crippen LogP contribution < -0.4 is 0 Å². The van der Waals surface area contributed by atoms with E-state index in [0.29, 0.717) is 13.0 Å². The van der Waals surface area contributed by atoms with Crippen molar-refractivity contribution in [2.75, 3.05) is 13.1 Å². The van der Waals surface area contributed by atoms with Gasteiger partial charge in [-0.2, -0.15) is 0 Å². The molecule has 0 N–H and O–H groups in total. The van der Waals surface area contributed by atoms with Crippen molar-refractivity contribution in [1.29, 1.82) is 0 Å². The van der Waals surface area contributed by atoms with Gasteiger partial charge in [-0.25, -0.2) is 0 Å². The van der Waals surface area contributed by atoms with E-state index in [9.17, 15) is 9.59 Å². The van der Waals surface area contributed by atoms with Crippen LogP contribution in [0.4, 0.5) is 0 Å². The molecule has 2 amide bonds. The maximum atomic E-state index is 13.7. The Morgan fingerprint density at radius 1 is 1.09 bits per heavy atom. The molecular weight excluding hydrogens is 428 g/mol. The van der Waals surface area contributed by atoms with Crippen LogP contribution >= 0.6 is 11.3 Å². The van der Waals surface area contributed by atoms with Crippen molar-refractivity contribution in [3.63, 3.8) is 0 Å². The summed E-state index contributed by atoms with van der Waals surface area (Å²) < 4.78 is 0. The summed E-state index contributed by atoms with van der Waals surface area (Å²) in [6.45, 7) is 15.6. The number of hydrogen-bond acceptors (Lipinski definition) is 3. The molecule has 1 aromatic carbocycles. The van der Waals surface area contributed by atoms with Gasteiger partial charge in [0, 0.05) is 23.4 Å². The maximum absolute atomic E-state index is 13.7. The minimum absolute atomic E-state index is 0.0208. The molecule has 0 radical (unpaired) electrons. The van der Waals surface area contributed by atoms with Crippen LogP contribution in [-0.4, -0.2) is 40.2 Å². The predicted molar refractivity (Wildman–Crippen MR) is 137 cm³/mol. The zero-order chi connectivity index (χ0) is 24.4. The molecule has 5 heteroatoms. The third kappa shape index (κ3) is 6.47.